The Morgan fingerprint density at radius 3 is 2.25 bits per heavy atom. The maximum absolute atomic E-state index is 5.96. The van der Waals surface area contributed by atoms with Gasteiger partial charge in [-0.05, 0) is 42.6 Å². The molecule has 2 N–H and O–H groups in total. The zero-order valence-electron chi connectivity index (χ0n) is 14.6. The molecular weight excluding hydrogens is 318 g/mol. The summed E-state index contributed by atoms with van der Waals surface area (Å²) in [7, 11) is 0. The molecule has 2 aromatic rings. The molecule has 0 aliphatic carbocycles. The minimum atomic E-state index is 0. The Balaban J connectivity index is 0.00000288. The van der Waals surface area contributed by atoms with Gasteiger partial charge in [0.25, 0.3) is 0 Å². The summed E-state index contributed by atoms with van der Waals surface area (Å²) in [4.78, 5) is 0. The van der Waals surface area contributed by atoms with Crippen LogP contribution in [0.2, 0.25) is 0 Å². The molecule has 2 aromatic carbocycles. The third-order valence-corrected chi connectivity index (χ3v) is 4.23. The van der Waals surface area contributed by atoms with Crippen LogP contribution in [-0.2, 0) is 6.42 Å². The van der Waals surface area contributed by atoms with Crippen LogP contribution in [0.5, 0.6) is 5.75 Å². The first-order chi connectivity index (χ1) is 11.3. The van der Waals surface area contributed by atoms with Crippen molar-refractivity contribution in [2.75, 3.05) is 13.2 Å². The zero-order valence-corrected chi connectivity index (χ0v) is 15.4. The van der Waals surface area contributed by atoms with Crippen molar-refractivity contribution < 1.29 is 4.74 Å². The Bertz CT molecular complexity index is 542. The van der Waals surface area contributed by atoms with E-state index in [0.29, 0.717) is 12.5 Å². The average molecular weight is 348 g/mol. The van der Waals surface area contributed by atoms with Crippen molar-refractivity contribution in [3.05, 3.63) is 65.7 Å². The second-order valence-electron chi connectivity index (χ2n) is 6.10. The van der Waals surface area contributed by atoms with E-state index in [1.165, 1.54) is 30.4 Å². The topological polar surface area (TPSA) is 35.2 Å². The van der Waals surface area contributed by atoms with Crippen molar-refractivity contribution in [2.45, 2.75) is 44.9 Å². The third-order valence-electron chi connectivity index (χ3n) is 4.23. The van der Waals surface area contributed by atoms with Crippen LogP contribution in [-0.4, -0.2) is 13.2 Å². The predicted molar refractivity (Wildman–Crippen MR) is 105 cm³/mol. The second kappa shape index (κ2) is 11.9. The van der Waals surface area contributed by atoms with Gasteiger partial charge in [-0.2, -0.15) is 0 Å². The monoisotopic (exact) mass is 347 g/mol. The number of halogens is 1. The average Bonchev–Trinajstić information content (AvgIpc) is 2.61. The fourth-order valence-electron chi connectivity index (χ4n) is 2.79. The Kier molecular flexibility index (Phi) is 10.2. The molecule has 0 saturated carbocycles. The van der Waals surface area contributed by atoms with Gasteiger partial charge in [-0.3, -0.25) is 0 Å². The highest BCUT2D eigenvalue weighted by molar-refractivity contribution is 5.85. The summed E-state index contributed by atoms with van der Waals surface area (Å²) in [5.74, 6) is 1.34. The van der Waals surface area contributed by atoms with Crippen LogP contribution in [0.15, 0.2) is 54.6 Å². The van der Waals surface area contributed by atoms with Gasteiger partial charge in [0, 0.05) is 5.92 Å². The summed E-state index contributed by atoms with van der Waals surface area (Å²) in [6.07, 6.45) is 5.92. The van der Waals surface area contributed by atoms with Gasteiger partial charge >= 0.3 is 0 Å². The molecule has 0 saturated heterocycles. The van der Waals surface area contributed by atoms with Crippen LogP contribution in [0.3, 0.4) is 0 Å². The highest BCUT2D eigenvalue weighted by atomic mass is 35.5. The lowest BCUT2D eigenvalue weighted by Crippen LogP contribution is -2.14. The molecule has 0 spiro atoms. The van der Waals surface area contributed by atoms with Crippen LogP contribution in [0, 0.1) is 0 Å². The first kappa shape index (κ1) is 20.5. The van der Waals surface area contributed by atoms with Gasteiger partial charge in [0.1, 0.15) is 5.75 Å². The smallest absolute Gasteiger partial charge is 0.119 e. The van der Waals surface area contributed by atoms with E-state index in [4.69, 9.17) is 10.5 Å². The van der Waals surface area contributed by atoms with Gasteiger partial charge < -0.3 is 10.5 Å². The summed E-state index contributed by atoms with van der Waals surface area (Å²) in [5, 5.41) is 0. The van der Waals surface area contributed by atoms with Gasteiger partial charge in [0.15, 0.2) is 0 Å². The number of hydrogen-bond donors (Lipinski definition) is 1. The normalized spacial score (nSPS) is 11.6. The Morgan fingerprint density at radius 2 is 1.62 bits per heavy atom. The standard InChI is InChI=1S/C21H29NO.ClH/c1-2-3-4-8-15-23-21-13-11-18(12-14-21)16-20(17-22)19-9-6-5-7-10-19;/h5-7,9-14,20H,2-4,8,15-17,22H2,1H3;1H. The number of unbranched alkanes of at least 4 members (excludes halogenated alkanes) is 3. The van der Waals surface area contributed by atoms with E-state index >= 15 is 0 Å². The Hall–Kier alpha value is -1.51. The first-order valence-corrected chi connectivity index (χ1v) is 8.80. The zero-order chi connectivity index (χ0) is 16.3. The fourth-order valence-corrected chi connectivity index (χ4v) is 2.79. The molecule has 0 radical (unpaired) electrons. The number of hydrogen-bond acceptors (Lipinski definition) is 2. The van der Waals surface area contributed by atoms with Crippen LogP contribution in [0.4, 0.5) is 0 Å². The molecule has 0 aromatic heterocycles. The Labute approximate surface area is 152 Å². The molecule has 0 heterocycles. The largest absolute Gasteiger partial charge is 0.494 e. The molecular formula is C21H30ClNO. The van der Waals surface area contributed by atoms with Crippen molar-refractivity contribution in [1.29, 1.82) is 0 Å². The summed E-state index contributed by atoms with van der Waals surface area (Å²) in [5.41, 5.74) is 8.58. The summed E-state index contributed by atoms with van der Waals surface area (Å²) < 4.78 is 5.80. The van der Waals surface area contributed by atoms with E-state index in [0.717, 1.165) is 25.2 Å². The van der Waals surface area contributed by atoms with E-state index in [2.05, 4.69) is 55.5 Å². The second-order valence-corrected chi connectivity index (χ2v) is 6.10. The molecule has 2 rings (SSSR count). The highest BCUT2D eigenvalue weighted by Crippen LogP contribution is 2.21. The van der Waals surface area contributed by atoms with E-state index in [-0.39, 0.29) is 12.4 Å². The van der Waals surface area contributed by atoms with E-state index in [1.807, 2.05) is 6.07 Å². The number of rotatable bonds is 10. The molecule has 132 valence electrons. The molecule has 0 fully saturated rings. The van der Waals surface area contributed by atoms with E-state index < -0.39 is 0 Å². The minimum Gasteiger partial charge on any atom is -0.494 e. The number of ether oxygens (including phenoxy) is 1. The lowest BCUT2D eigenvalue weighted by molar-refractivity contribution is 0.305. The third kappa shape index (κ3) is 6.94. The van der Waals surface area contributed by atoms with Crippen molar-refractivity contribution in [3.8, 4) is 5.75 Å². The van der Waals surface area contributed by atoms with E-state index in [9.17, 15) is 0 Å². The summed E-state index contributed by atoms with van der Waals surface area (Å²) in [6, 6.07) is 19.0. The maximum atomic E-state index is 5.96. The molecule has 0 aliphatic heterocycles. The number of nitrogens with two attached hydrogens (primary N) is 1. The quantitative estimate of drug-likeness (QED) is 0.588. The van der Waals surface area contributed by atoms with Crippen molar-refractivity contribution in [2.24, 2.45) is 5.73 Å². The van der Waals surface area contributed by atoms with Gasteiger partial charge in [-0.15, -0.1) is 12.4 Å². The Morgan fingerprint density at radius 1 is 0.917 bits per heavy atom. The lowest BCUT2D eigenvalue weighted by atomic mass is 9.92. The highest BCUT2D eigenvalue weighted by Gasteiger charge is 2.10. The predicted octanol–water partition coefficient (Wildman–Crippen LogP) is 5.35. The number of benzene rings is 2. The molecule has 0 amide bonds. The molecule has 0 bridgehead atoms. The summed E-state index contributed by atoms with van der Waals surface area (Å²) >= 11 is 0. The van der Waals surface area contributed by atoms with Gasteiger partial charge in [-0.25, -0.2) is 0 Å². The molecule has 2 nitrogen and oxygen atoms in total. The maximum Gasteiger partial charge on any atom is 0.119 e. The van der Waals surface area contributed by atoms with Crippen LogP contribution in [0.25, 0.3) is 0 Å². The van der Waals surface area contributed by atoms with Crippen molar-refractivity contribution in [1.82, 2.24) is 0 Å². The van der Waals surface area contributed by atoms with Crippen molar-refractivity contribution >= 4 is 12.4 Å². The van der Waals surface area contributed by atoms with Crippen LogP contribution in [0.1, 0.15) is 49.7 Å². The lowest BCUT2D eigenvalue weighted by Gasteiger charge is -2.15. The van der Waals surface area contributed by atoms with E-state index in [1.54, 1.807) is 0 Å². The van der Waals surface area contributed by atoms with Gasteiger partial charge in [-0.1, -0.05) is 68.7 Å². The van der Waals surface area contributed by atoms with Crippen molar-refractivity contribution in [3.63, 3.8) is 0 Å². The molecule has 1 atom stereocenters. The molecule has 24 heavy (non-hydrogen) atoms. The molecule has 0 aliphatic rings. The van der Waals surface area contributed by atoms with Crippen LogP contribution < -0.4 is 10.5 Å². The van der Waals surface area contributed by atoms with Crippen LogP contribution >= 0.6 is 12.4 Å². The fraction of sp³-hybridized carbons (Fsp3) is 0.429. The summed E-state index contributed by atoms with van der Waals surface area (Å²) in [6.45, 7) is 3.71. The van der Waals surface area contributed by atoms with Gasteiger partial charge in [0.05, 0.1) is 6.61 Å². The minimum absolute atomic E-state index is 0. The first-order valence-electron chi connectivity index (χ1n) is 8.80. The SMILES string of the molecule is CCCCCCOc1ccc(CC(CN)c2ccccc2)cc1.Cl. The molecule has 1 unspecified atom stereocenters. The molecule has 3 heteroatoms. The van der Waals surface area contributed by atoms with Gasteiger partial charge in [0.2, 0.25) is 0 Å².